The van der Waals surface area contributed by atoms with Gasteiger partial charge in [-0.05, 0) is 55.5 Å². The molecule has 0 spiro atoms. The Morgan fingerprint density at radius 2 is 1.91 bits per heavy atom. The average Bonchev–Trinajstić information content (AvgIpc) is 3.58. The van der Waals surface area contributed by atoms with Gasteiger partial charge in [0.2, 0.25) is 0 Å². The van der Waals surface area contributed by atoms with Crippen molar-refractivity contribution >= 4 is 17.5 Å². The molecule has 0 aliphatic rings. The van der Waals surface area contributed by atoms with E-state index >= 15 is 0 Å². The number of aromatic nitrogens is 2. The first-order valence-corrected chi connectivity index (χ1v) is 10.2. The summed E-state index contributed by atoms with van der Waals surface area (Å²) in [5, 5.41) is 9.61. The maximum atomic E-state index is 13.0. The smallest absolute Gasteiger partial charge is 0.291 e. The quantitative estimate of drug-likeness (QED) is 0.397. The molecule has 0 aliphatic carbocycles. The number of carbonyl (C=O) groups is 2. The number of ether oxygens (including phenoxy) is 1. The van der Waals surface area contributed by atoms with Crippen LogP contribution < -0.4 is 15.4 Å². The van der Waals surface area contributed by atoms with Crippen molar-refractivity contribution in [2.24, 2.45) is 0 Å². The van der Waals surface area contributed by atoms with Crippen LogP contribution >= 0.6 is 0 Å². The molecule has 33 heavy (non-hydrogen) atoms. The van der Waals surface area contributed by atoms with Gasteiger partial charge in [0.1, 0.15) is 29.7 Å². The molecule has 2 amide bonds. The lowest BCUT2D eigenvalue weighted by molar-refractivity contribution is 0.0943. The zero-order valence-corrected chi connectivity index (χ0v) is 17.7. The molecular weight excluding hydrogens is 431 g/mol. The van der Waals surface area contributed by atoms with Crippen LogP contribution in [0.5, 0.6) is 5.75 Å². The highest BCUT2D eigenvalue weighted by molar-refractivity contribution is 6.07. The van der Waals surface area contributed by atoms with E-state index in [1.165, 1.54) is 36.6 Å². The molecule has 0 atom stereocenters. The van der Waals surface area contributed by atoms with E-state index in [2.05, 4.69) is 15.7 Å². The maximum Gasteiger partial charge on any atom is 0.291 e. The van der Waals surface area contributed by atoms with Crippen molar-refractivity contribution in [1.82, 2.24) is 15.1 Å². The maximum absolute atomic E-state index is 13.0. The van der Waals surface area contributed by atoms with Crippen molar-refractivity contribution in [3.05, 3.63) is 89.8 Å². The highest BCUT2D eigenvalue weighted by atomic mass is 19.1. The van der Waals surface area contributed by atoms with Gasteiger partial charge < -0.3 is 24.2 Å². The molecule has 4 aromatic rings. The van der Waals surface area contributed by atoms with Crippen LogP contribution in [0, 0.1) is 5.82 Å². The summed E-state index contributed by atoms with van der Waals surface area (Å²) in [4.78, 5) is 25.3. The second-order valence-electron chi connectivity index (χ2n) is 6.97. The molecule has 0 bridgehead atoms. The van der Waals surface area contributed by atoms with E-state index in [-0.39, 0.29) is 36.1 Å². The minimum Gasteiger partial charge on any atom is -0.486 e. The molecule has 3 aromatic heterocycles. The fourth-order valence-corrected chi connectivity index (χ4v) is 2.95. The van der Waals surface area contributed by atoms with Gasteiger partial charge in [0.05, 0.1) is 18.5 Å². The number of carbonyl (C=O) groups excluding carboxylic acids is 2. The zero-order chi connectivity index (χ0) is 23.2. The molecule has 0 saturated carbocycles. The van der Waals surface area contributed by atoms with Gasteiger partial charge in [-0.3, -0.25) is 14.3 Å². The van der Waals surface area contributed by atoms with Crippen molar-refractivity contribution in [3.63, 3.8) is 0 Å². The van der Waals surface area contributed by atoms with E-state index in [4.69, 9.17) is 13.6 Å². The van der Waals surface area contributed by atoms with Gasteiger partial charge in [0.15, 0.2) is 11.5 Å². The Bertz CT molecular complexity index is 1230. The van der Waals surface area contributed by atoms with Gasteiger partial charge in [-0.2, -0.15) is 5.10 Å². The van der Waals surface area contributed by atoms with Crippen LogP contribution in [0.15, 0.2) is 69.8 Å². The van der Waals surface area contributed by atoms with Crippen LogP contribution in [0.25, 0.3) is 0 Å². The lowest BCUT2D eigenvalue weighted by Crippen LogP contribution is -2.25. The minimum absolute atomic E-state index is 0.0406. The number of amides is 2. The Morgan fingerprint density at radius 3 is 2.64 bits per heavy atom. The van der Waals surface area contributed by atoms with Crippen LogP contribution in [0.4, 0.5) is 10.1 Å². The zero-order valence-electron chi connectivity index (χ0n) is 17.7. The molecule has 0 unspecified atom stereocenters. The molecule has 0 saturated heterocycles. The van der Waals surface area contributed by atoms with Crippen LogP contribution in [0.3, 0.4) is 0 Å². The van der Waals surface area contributed by atoms with Gasteiger partial charge in [-0.15, -0.1) is 0 Å². The summed E-state index contributed by atoms with van der Waals surface area (Å²) >= 11 is 0. The van der Waals surface area contributed by atoms with E-state index in [1.54, 1.807) is 29.1 Å². The molecule has 10 heteroatoms. The molecular formula is C23H21FN4O5. The van der Waals surface area contributed by atoms with Gasteiger partial charge >= 0.3 is 0 Å². The highest BCUT2D eigenvalue weighted by Crippen LogP contribution is 2.18. The predicted molar refractivity (Wildman–Crippen MR) is 115 cm³/mol. The molecule has 2 N–H and O–H groups in total. The molecule has 170 valence electrons. The molecule has 1 aromatic carbocycles. The molecule has 9 nitrogen and oxygen atoms in total. The van der Waals surface area contributed by atoms with Crippen molar-refractivity contribution in [2.45, 2.75) is 26.6 Å². The Balaban J connectivity index is 1.40. The number of nitrogens with zero attached hydrogens (tertiary/aromatic N) is 2. The third-order valence-corrected chi connectivity index (χ3v) is 4.63. The number of furan rings is 2. The summed E-state index contributed by atoms with van der Waals surface area (Å²) in [6.07, 6.45) is 3.09. The van der Waals surface area contributed by atoms with Crippen LogP contribution in [-0.2, 0) is 19.7 Å². The van der Waals surface area contributed by atoms with Crippen LogP contribution in [-0.4, -0.2) is 21.6 Å². The summed E-state index contributed by atoms with van der Waals surface area (Å²) in [5.74, 6) is 0.148. The Morgan fingerprint density at radius 1 is 1.09 bits per heavy atom. The van der Waals surface area contributed by atoms with Gasteiger partial charge in [-0.1, -0.05) is 0 Å². The Kier molecular flexibility index (Phi) is 6.53. The monoisotopic (exact) mass is 452 g/mol. The van der Waals surface area contributed by atoms with Crippen molar-refractivity contribution < 1.29 is 27.6 Å². The SMILES string of the molecule is CCn1cc(NC(=O)c2ccc(COc3ccc(F)cc3)o2)c(C(=O)NCc2ccco2)n1. The van der Waals surface area contributed by atoms with E-state index in [9.17, 15) is 14.0 Å². The Hall–Kier alpha value is -4.34. The number of halogens is 1. The van der Waals surface area contributed by atoms with Crippen LogP contribution in [0.2, 0.25) is 0 Å². The van der Waals surface area contributed by atoms with Crippen molar-refractivity contribution in [1.29, 1.82) is 0 Å². The summed E-state index contributed by atoms with van der Waals surface area (Å²) in [6.45, 7) is 2.63. The Labute approximate surface area is 188 Å². The normalized spacial score (nSPS) is 10.7. The number of aryl methyl sites for hydroxylation is 1. The number of nitrogens with one attached hydrogen (secondary N) is 2. The standard InChI is InChI=1S/C23H21FN4O5/c1-2-28-13-19(21(27-28)23(30)25-12-17-4-3-11-31-17)26-22(29)20-10-9-18(33-20)14-32-16-7-5-15(24)6-8-16/h3-11,13H,2,12,14H2,1H3,(H,25,30)(H,26,29). The predicted octanol–water partition coefficient (Wildman–Crippen LogP) is 3.99. The number of hydrogen-bond donors (Lipinski definition) is 2. The van der Waals surface area contributed by atoms with Gasteiger partial charge in [-0.25, -0.2) is 4.39 Å². The van der Waals surface area contributed by atoms with E-state index in [0.29, 0.717) is 23.8 Å². The topological polar surface area (TPSA) is 112 Å². The van der Waals surface area contributed by atoms with Crippen molar-refractivity contribution in [3.8, 4) is 5.75 Å². The second-order valence-corrected chi connectivity index (χ2v) is 6.97. The molecule has 3 heterocycles. The average molecular weight is 452 g/mol. The van der Waals surface area contributed by atoms with Gasteiger partial charge in [0, 0.05) is 12.7 Å². The lowest BCUT2D eigenvalue weighted by atomic mass is 10.3. The third kappa shape index (κ3) is 5.48. The molecule has 4 rings (SSSR count). The van der Waals surface area contributed by atoms with E-state index in [0.717, 1.165) is 0 Å². The molecule has 0 fully saturated rings. The molecule has 0 radical (unpaired) electrons. The first kappa shape index (κ1) is 21.9. The third-order valence-electron chi connectivity index (χ3n) is 4.63. The lowest BCUT2D eigenvalue weighted by Gasteiger charge is -2.05. The van der Waals surface area contributed by atoms with E-state index < -0.39 is 11.8 Å². The first-order chi connectivity index (χ1) is 16.0. The summed E-state index contributed by atoms with van der Waals surface area (Å²) in [7, 11) is 0. The van der Waals surface area contributed by atoms with E-state index in [1.807, 2.05) is 6.92 Å². The van der Waals surface area contributed by atoms with Crippen molar-refractivity contribution in [2.75, 3.05) is 5.32 Å². The fraction of sp³-hybridized carbons (Fsp3) is 0.174. The fourth-order valence-electron chi connectivity index (χ4n) is 2.95. The molecule has 0 aliphatic heterocycles. The second kappa shape index (κ2) is 9.86. The summed E-state index contributed by atoms with van der Waals surface area (Å²) < 4.78 is 30.8. The number of hydrogen-bond acceptors (Lipinski definition) is 6. The number of rotatable bonds is 9. The highest BCUT2D eigenvalue weighted by Gasteiger charge is 2.21. The number of anilines is 1. The van der Waals surface area contributed by atoms with Gasteiger partial charge in [0.25, 0.3) is 11.8 Å². The minimum atomic E-state index is -0.543. The number of benzene rings is 1. The first-order valence-electron chi connectivity index (χ1n) is 10.2. The largest absolute Gasteiger partial charge is 0.486 e. The summed E-state index contributed by atoms with van der Waals surface area (Å²) in [5.41, 5.74) is 0.322. The summed E-state index contributed by atoms with van der Waals surface area (Å²) in [6, 6.07) is 12.1. The van der Waals surface area contributed by atoms with Crippen LogP contribution in [0.1, 0.15) is 39.5 Å².